The summed E-state index contributed by atoms with van der Waals surface area (Å²) >= 11 is 6.79. The molecule has 0 radical (unpaired) electrons. The standard InChI is InChI=1S/C15H11ClF3NOS/c1-8(22-10-3-5-12(18)11(16)7-10)15(21)20-14-6-9(17)2-4-13(14)19/h2-8H,1H3,(H,20,21). The van der Waals surface area contributed by atoms with Crippen LogP contribution in [0.4, 0.5) is 18.9 Å². The lowest BCUT2D eigenvalue weighted by Gasteiger charge is -2.13. The summed E-state index contributed by atoms with van der Waals surface area (Å²) < 4.78 is 39.6. The van der Waals surface area contributed by atoms with Gasteiger partial charge >= 0.3 is 0 Å². The minimum absolute atomic E-state index is 0.0474. The van der Waals surface area contributed by atoms with Gasteiger partial charge in [-0.1, -0.05) is 11.6 Å². The van der Waals surface area contributed by atoms with Crippen LogP contribution < -0.4 is 5.32 Å². The number of hydrogen-bond acceptors (Lipinski definition) is 2. The molecule has 2 aromatic rings. The van der Waals surface area contributed by atoms with Crippen molar-refractivity contribution in [3.63, 3.8) is 0 Å². The number of benzene rings is 2. The van der Waals surface area contributed by atoms with Gasteiger partial charge in [-0.15, -0.1) is 11.8 Å². The Morgan fingerprint density at radius 1 is 1.14 bits per heavy atom. The zero-order valence-corrected chi connectivity index (χ0v) is 12.9. The Labute approximate surface area is 134 Å². The fourth-order valence-electron chi connectivity index (χ4n) is 1.64. The summed E-state index contributed by atoms with van der Waals surface area (Å²) in [6, 6.07) is 6.87. The third-order valence-corrected chi connectivity index (χ3v) is 4.14. The molecule has 0 saturated heterocycles. The fraction of sp³-hybridized carbons (Fsp3) is 0.133. The number of halogens is 4. The number of anilines is 1. The summed E-state index contributed by atoms with van der Waals surface area (Å²) in [5.41, 5.74) is -0.227. The molecule has 22 heavy (non-hydrogen) atoms. The molecule has 0 fully saturated rings. The van der Waals surface area contributed by atoms with E-state index in [1.165, 1.54) is 18.2 Å². The van der Waals surface area contributed by atoms with Crippen molar-refractivity contribution < 1.29 is 18.0 Å². The van der Waals surface area contributed by atoms with Crippen molar-refractivity contribution in [3.8, 4) is 0 Å². The number of nitrogens with one attached hydrogen (secondary N) is 1. The Bertz CT molecular complexity index is 711. The predicted molar refractivity (Wildman–Crippen MR) is 81.7 cm³/mol. The number of thioether (sulfide) groups is 1. The molecule has 0 spiro atoms. The highest BCUT2D eigenvalue weighted by Gasteiger charge is 2.17. The van der Waals surface area contributed by atoms with E-state index in [0.29, 0.717) is 4.90 Å². The normalized spacial score (nSPS) is 12.0. The minimum Gasteiger partial charge on any atom is -0.323 e. The van der Waals surface area contributed by atoms with Gasteiger partial charge in [-0.3, -0.25) is 4.79 Å². The smallest absolute Gasteiger partial charge is 0.237 e. The van der Waals surface area contributed by atoms with Crippen LogP contribution in [0, 0.1) is 17.5 Å². The molecular formula is C15H11ClF3NOS. The van der Waals surface area contributed by atoms with E-state index in [2.05, 4.69) is 5.32 Å². The highest BCUT2D eigenvalue weighted by Crippen LogP contribution is 2.28. The predicted octanol–water partition coefficient (Wildman–Crippen LogP) is 4.88. The monoisotopic (exact) mass is 345 g/mol. The molecule has 7 heteroatoms. The molecule has 0 bridgehead atoms. The first-order valence-electron chi connectivity index (χ1n) is 6.24. The minimum atomic E-state index is -0.725. The van der Waals surface area contributed by atoms with E-state index < -0.39 is 28.6 Å². The molecule has 116 valence electrons. The van der Waals surface area contributed by atoms with Crippen LogP contribution in [-0.2, 0) is 4.79 Å². The van der Waals surface area contributed by atoms with Crippen LogP contribution in [0.3, 0.4) is 0 Å². The third-order valence-electron chi connectivity index (χ3n) is 2.76. The van der Waals surface area contributed by atoms with Crippen LogP contribution in [0.1, 0.15) is 6.92 Å². The van der Waals surface area contributed by atoms with E-state index in [1.807, 2.05) is 0 Å². The van der Waals surface area contributed by atoms with Crippen LogP contribution in [-0.4, -0.2) is 11.2 Å². The van der Waals surface area contributed by atoms with E-state index in [9.17, 15) is 18.0 Å². The number of hydrogen-bond donors (Lipinski definition) is 1. The molecule has 1 amide bonds. The van der Waals surface area contributed by atoms with Gasteiger partial charge in [-0.25, -0.2) is 13.2 Å². The largest absolute Gasteiger partial charge is 0.323 e. The maximum absolute atomic E-state index is 13.5. The Balaban J connectivity index is 2.05. The van der Waals surface area contributed by atoms with Gasteiger partial charge in [0.25, 0.3) is 0 Å². The lowest BCUT2D eigenvalue weighted by molar-refractivity contribution is -0.115. The van der Waals surface area contributed by atoms with Gasteiger partial charge in [0, 0.05) is 11.0 Å². The van der Waals surface area contributed by atoms with Gasteiger partial charge < -0.3 is 5.32 Å². The summed E-state index contributed by atoms with van der Waals surface area (Å²) in [5.74, 6) is -2.43. The lowest BCUT2D eigenvalue weighted by Crippen LogP contribution is -2.23. The first-order valence-corrected chi connectivity index (χ1v) is 7.50. The molecule has 0 saturated carbocycles. The van der Waals surface area contributed by atoms with Crippen LogP contribution in [0.5, 0.6) is 0 Å². The number of carbonyl (C=O) groups excluding carboxylic acids is 1. The summed E-state index contributed by atoms with van der Waals surface area (Å²) in [7, 11) is 0. The van der Waals surface area contributed by atoms with Crippen LogP contribution in [0.25, 0.3) is 0 Å². The average molecular weight is 346 g/mol. The first kappa shape index (κ1) is 16.7. The van der Waals surface area contributed by atoms with Crippen LogP contribution >= 0.6 is 23.4 Å². The van der Waals surface area contributed by atoms with E-state index in [1.54, 1.807) is 6.92 Å². The summed E-state index contributed by atoms with van der Waals surface area (Å²) in [6.45, 7) is 1.59. The highest BCUT2D eigenvalue weighted by atomic mass is 35.5. The van der Waals surface area contributed by atoms with Crippen molar-refractivity contribution in [2.24, 2.45) is 0 Å². The summed E-state index contributed by atoms with van der Waals surface area (Å²) in [5, 5.41) is 1.66. The van der Waals surface area contributed by atoms with E-state index in [0.717, 1.165) is 30.0 Å². The molecule has 0 aromatic heterocycles. The number of amides is 1. The van der Waals surface area contributed by atoms with Crippen LogP contribution in [0.15, 0.2) is 41.3 Å². The Morgan fingerprint density at radius 3 is 2.50 bits per heavy atom. The van der Waals surface area contributed by atoms with E-state index >= 15 is 0 Å². The quantitative estimate of drug-likeness (QED) is 0.800. The molecular weight excluding hydrogens is 335 g/mol. The second-order valence-electron chi connectivity index (χ2n) is 4.45. The second kappa shape index (κ2) is 7.07. The van der Waals surface area contributed by atoms with E-state index in [-0.39, 0.29) is 10.7 Å². The molecule has 0 aliphatic heterocycles. The van der Waals surface area contributed by atoms with Gasteiger partial charge in [-0.2, -0.15) is 0 Å². The molecule has 2 rings (SSSR count). The van der Waals surface area contributed by atoms with Gasteiger partial charge in [0.1, 0.15) is 17.5 Å². The second-order valence-corrected chi connectivity index (χ2v) is 6.27. The number of rotatable bonds is 4. The van der Waals surface area contributed by atoms with Crippen molar-refractivity contribution in [3.05, 3.63) is 58.9 Å². The van der Waals surface area contributed by atoms with Gasteiger partial charge in [-0.05, 0) is 37.3 Å². The maximum atomic E-state index is 13.5. The van der Waals surface area contributed by atoms with Gasteiger partial charge in [0.15, 0.2) is 0 Å². The van der Waals surface area contributed by atoms with Crippen molar-refractivity contribution in [2.75, 3.05) is 5.32 Å². The van der Waals surface area contributed by atoms with Gasteiger partial charge in [0.2, 0.25) is 5.91 Å². The molecule has 0 aliphatic carbocycles. The molecule has 0 aliphatic rings. The summed E-state index contributed by atoms with van der Waals surface area (Å²) in [4.78, 5) is 12.6. The van der Waals surface area contributed by atoms with Crippen molar-refractivity contribution in [2.45, 2.75) is 17.1 Å². The lowest BCUT2D eigenvalue weighted by atomic mass is 10.3. The summed E-state index contributed by atoms with van der Waals surface area (Å²) in [6.07, 6.45) is 0. The fourth-order valence-corrected chi connectivity index (χ4v) is 2.79. The van der Waals surface area contributed by atoms with E-state index in [4.69, 9.17) is 11.6 Å². The maximum Gasteiger partial charge on any atom is 0.237 e. The number of carbonyl (C=O) groups is 1. The third kappa shape index (κ3) is 4.18. The Morgan fingerprint density at radius 2 is 1.82 bits per heavy atom. The zero-order valence-electron chi connectivity index (χ0n) is 11.4. The molecule has 0 heterocycles. The van der Waals surface area contributed by atoms with Crippen molar-refractivity contribution in [1.29, 1.82) is 0 Å². The molecule has 1 unspecified atom stereocenters. The zero-order chi connectivity index (χ0) is 16.3. The van der Waals surface area contributed by atoms with Gasteiger partial charge in [0.05, 0.1) is 16.0 Å². The molecule has 2 aromatic carbocycles. The van der Waals surface area contributed by atoms with Crippen molar-refractivity contribution in [1.82, 2.24) is 0 Å². The SMILES string of the molecule is CC(Sc1ccc(F)c(Cl)c1)C(=O)Nc1cc(F)ccc1F. The van der Waals surface area contributed by atoms with Crippen LogP contribution in [0.2, 0.25) is 5.02 Å². The first-order chi connectivity index (χ1) is 10.4. The Kier molecular flexibility index (Phi) is 5.37. The van der Waals surface area contributed by atoms with Crippen molar-refractivity contribution >= 4 is 35.0 Å². The molecule has 1 N–H and O–H groups in total. The molecule has 2 nitrogen and oxygen atoms in total. The topological polar surface area (TPSA) is 29.1 Å². The average Bonchev–Trinajstić information content (AvgIpc) is 2.46. The Hall–Kier alpha value is -1.66. The highest BCUT2D eigenvalue weighted by molar-refractivity contribution is 8.00. The molecule has 1 atom stereocenters.